The lowest BCUT2D eigenvalue weighted by Gasteiger charge is -2.29. The van der Waals surface area contributed by atoms with Crippen LogP contribution in [0.15, 0.2) is 24.3 Å². The second-order valence-electron chi connectivity index (χ2n) is 5.11. The maximum Gasteiger partial charge on any atom is 0.107 e. The summed E-state index contributed by atoms with van der Waals surface area (Å²) in [7, 11) is 1.57. The van der Waals surface area contributed by atoms with Gasteiger partial charge in [-0.15, -0.1) is 0 Å². The lowest BCUT2D eigenvalue weighted by atomic mass is 10.0. The van der Waals surface area contributed by atoms with Gasteiger partial charge in [-0.25, -0.2) is 4.39 Å². The standard InChI is InChI=1S/C15H23FN2O/c1-19-15(14(17)11-16)12-5-7-13(8-6-12)18-9-3-2-4-10-18/h5-8,14-15H,2-4,9-11,17H2,1H3. The molecule has 1 aliphatic heterocycles. The second kappa shape index (κ2) is 6.87. The third-order valence-corrected chi connectivity index (χ3v) is 3.76. The Morgan fingerprint density at radius 3 is 2.37 bits per heavy atom. The fourth-order valence-electron chi connectivity index (χ4n) is 2.67. The van der Waals surface area contributed by atoms with Crippen LogP contribution >= 0.6 is 0 Å². The van der Waals surface area contributed by atoms with E-state index in [0.717, 1.165) is 18.7 Å². The Hall–Kier alpha value is -1.13. The molecule has 1 saturated heterocycles. The predicted octanol–water partition coefficient (Wildman–Crippen LogP) is 2.66. The monoisotopic (exact) mass is 266 g/mol. The van der Waals surface area contributed by atoms with Crippen LogP contribution in [0.1, 0.15) is 30.9 Å². The highest BCUT2D eigenvalue weighted by molar-refractivity contribution is 5.48. The number of alkyl halides is 1. The minimum absolute atomic E-state index is 0.375. The van der Waals surface area contributed by atoms with Crippen molar-refractivity contribution in [2.24, 2.45) is 5.73 Å². The van der Waals surface area contributed by atoms with Crippen molar-refractivity contribution < 1.29 is 9.13 Å². The zero-order chi connectivity index (χ0) is 13.7. The third-order valence-electron chi connectivity index (χ3n) is 3.76. The first kappa shape index (κ1) is 14.3. The van der Waals surface area contributed by atoms with E-state index in [1.54, 1.807) is 7.11 Å². The fourth-order valence-corrected chi connectivity index (χ4v) is 2.67. The van der Waals surface area contributed by atoms with Crippen LogP contribution in [0.2, 0.25) is 0 Å². The van der Waals surface area contributed by atoms with E-state index >= 15 is 0 Å². The lowest BCUT2D eigenvalue weighted by molar-refractivity contribution is 0.0721. The average Bonchev–Trinajstić information content (AvgIpc) is 2.49. The van der Waals surface area contributed by atoms with E-state index in [4.69, 9.17) is 10.5 Å². The van der Waals surface area contributed by atoms with Crippen molar-refractivity contribution in [3.8, 4) is 0 Å². The second-order valence-corrected chi connectivity index (χ2v) is 5.11. The van der Waals surface area contributed by atoms with E-state index in [0.29, 0.717) is 0 Å². The first-order chi connectivity index (χ1) is 9.26. The van der Waals surface area contributed by atoms with E-state index < -0.39 is 12.7 Å². The topological polar surface area (TPSA) is 38.5 Å². The molecule has 0 bridgehead atoms. The molecular weight excluding hydrogens is 243 g/mol. The van der Waals surface area contributed by atoms with Gasteiger partial charge in [0.1, 0.15) is 6.67 Å². The number of piperidine rings is 1. The summed E-state index contributed by atoms with van der Waals surface area (Å²) in [6.45, 7) is 1.67. The van der Waals surface area contributed by atoms with Gasteiger partial charge in [0.25, 0.3) is 0 Å². The van der Waals surface area contributed by atoms with Gasteiger partial charge < -0.3 is 15.4 Å². The van der Waals surface area contributed by atoms with Crippen LogP contribution in [0.3, 0.4) is 0 Å². The summed E-state index contributed by atoms with van der Waals surface area (Å²) in [5.74, 6) is 0. The third kappa shape index (κ3) is 3.45. The smallest absolute Gasteiger partial charge is 0.107 e. The van der Waals surface area contributed by atoms with Crippen LogP contribution in [0, 0.1) is 0 Å². The summed E-state index contributed by atoms with van der Waals surface area (Å²) in [5.41, 5.74) is 7.90. The van der Waals surface area contributed by atoms with E-state index in [9.17, 15) is 4.39 Å². The van der Waals surface area contributed by atoms with Crippen molar-refractivity contribution >= 4 is 5.69 Å². The molecule has 0 radical (unpaired) electrons. The first-order valence-electron chi connectivity index (χ1n) is 6.95. The highest BCUT2D eigenvalue weighted by Crippen LogP contribution is 2.25. The summed E-state index contributed by atoms with van der Waals surface area (Å²) in [4.78, 5) is 2.39. The summed E-state index contributed by atoms with van der Waals surface area (Å²) in [5, 5.41) is 0. The first-order valence-corrected chi connectivity index (χ1v) is 6.95. The zero-order valence-corrected chi connectivity index (χ0v) is 11.5. The molecule has 106 valence electrons. The van der Waals surface area contributed by atoms with Crippen molar-refractivity contribution in [2.75, 3.05) is 31.8 Å². The number of methoxy groups -OCH3 is 1. The van der Waals surface area contributed by atoms with Crippen molar-refractivity contribution in [1.82, 2.24) is 0 Å². The van der Waals surface area contributed by atoms with Crippen LogP contribution in [-0.4, -0.2) is 32.9 Å². The van der Waals surface area contributed by atoms with Crippen LogP contribution in [0.25, 0.3) is 0 Å². The molecule has 19 heavy (non-hydrogen) atoms. The molecule has 0 aromatic heterocycles. The Kier molecular flexibility index (Phi) is 5.16. The summed E-state index contributed by atoms with van der Waals surface area (Å²) in [6.07, 6.45) is 3.47. The Morgan fingerprint density at radius 1 is 1.21 bits per heavy atom. The predicted molar refractivity (Wildman–Crippen MR) is 76.2 cm³/mol. The van der Waals surface area contributed by atoms with Crippen LogP contribution in [-0.2, 0) is 4.74 Å². The van der Waals surface area contributed by atoms with E-state index in [-0.39, 0.29) is 6.10 Å². The quantitative estimate of drug-likeness (QED) is 0.890. The summed E-state index contributed by atoms with van der Waals surface area (Å²) < 4.78 is 18.0. The molecule has 4 heteroatoms. The molecule has 2 N–H and O–H groups in total. The number of ether oxygens (including phenoxy) is 1. The molecule has 1 aliphatic rings. The number of halogens is 1. The molecule has 0 amide bonds. The number of rotatable bonds is 5. The number of hydrogen-bond donors (Lipinski definition) is 1. The van der Waals surface area contributed by atoms with E-state index in [1.165, 1.54) is 24.9 Å². The summed E-state index contributed by atoms with van der Waals surface area (Å²) >= 11 is 0. The highest BCUT2D eigenvalue weighted by Gasteiger charge is 2.19. The van der Waals surface area contributed by atoms with Gasteiger partial charge in [-0.2, -0.15) is 0 Å². The largest absolute Gasteiger partial charge is 0.375 e. The van der Waals surface area contributed by atoms with Crippen LogP contribution < -0.4 is 10.6 Å². The maximum absolute atomic E-state index is 12.7. The lowest BCUT2D eigenvalue weighted by Crippen LogP contribution is -2.32. The molecule has 0 aliphatic carbocycles. The van der Waals surface area contributed by atoms with Gasteiger partial charge in [-0.1, -0.05) is 12.1 Å². The van der Waals surface area contributed by atoms with Gasteiger partial charge in [-0.05, 0) is 37.0 Å². The molecule has 1 fully saturated rings. The van der Waals surface area contributed by atoms with E-state index in [2.05, 4.69) is 17.0 Å². The number of hydrogen-bond acceptors (Lipinski definition) is 3. The van der Waals surface area contributed by atoms with Gasteiger partial charge in [0.15, 0.2) is 0 Å². The molecule has 1 aromatic carbocycles. The zero-order valence-electron chi connectivity index (χ0n) is 11.5. The fraction of sp³-hybridized carbons (Fsp3) is 0.600. The molecule has 0 spiro atoms. The van der Waals surface area contributed by atoms with Gasteiger partial charge in [0, 0.05) is 25.9 Å². The molecule has 2 unspecified atom stereocenters. The SMILES string of the molecule is COC(c1ccc(N2CCCCC2)cc1)C(N)CF. The highest BCUT2D eigenvalue weighted by atomic mass is 19.1. The molecule has 2 atom stereocenters. The van der Waals surface area contributed by atoms with Crippen LogP contribution in [0.4, 0.5) is 10.1 Å². The normalized spacial score (nSPS) is 19.2. The van der Waals surface area contributed by atoms with Crippen molar-refractivity contribution in [3.05, 3.63) is 29.8 Å². The Morgan fingerprint density at radius 2 is 1.84 bits per heavy atom. The van der Waals surface area contributed by atoms with Crippen LogP contribution in [0.5, 0.6) is 0 Å². The molecule has 0 saturated carbocycles. The maximum atomic E-state index is 12.7. The molecule has 1 aromatic rings. The number of nitrogens with zero attached hydrogens (tertiary/aromatic N) is 1. The Balaban J connectivity index is 2.08. The van der Waals surface area contributed by atoms with E-state index in [1.807, 2.05) is 12.1 Å². The minimum Gasteiger partial charge on any atom is -0.375 e. The number of anilines is 1. The van der Waals surface area contributed by atoms with Gasteiger partial charge in [0.2, 0.25) is 0 Å². The van der Waals surface area contributed by atoms with Crippen molar-refractivity contribution in [1.29, 1.82) is 0 Å². The molecular formula is C15H23FN2O. The minimum atomic E-state index is -0.606. The van der Waals surface area contributed by atoms with Gasteiger partial charge in [-0.3, -0.25) is 0 Å². The molecule has 3 nitrogen and oxygen atoms in total. The Bertz CT molecular complexity index is 376. The van der Waals surface area contributed by atoms with Gasteiger partial charge in [0.05, 0.1) is 12.1 Å². The average molecular weight is 266 g/mol. The number of benzene rings is 1. The molecule has 2 rings (SSSR count). The Labute approximate surface area is 114 Å². The molecule has 1 heterocycles. The van der Waals surface area contributed by atoms with Crippen molar-refractivity contribution in [2.45, 2.75) is 31.4 Å². The van der Waals surface area contributed by atoms with Crippen molar-refractivity contribution in [3.63, 3.8) is 0 Å². The summed E-state index contributed by atoms with van der Waals surface area (Å²) in [6, 6.07) is 7.54. The number of nitrogens with two attached hydrogens (primary N) is 1. The van der Waals surface area contributed by atoms with Gasteiger partial charge >= 0.3 is 0 Å².